The zero-order chi connectivity index (χ0) is 15.2. The Morgan fingerprint density at radius 3 is 2.17 bits per heavy atom. The molecule has 1 aromatic heterocycles. The van der Waals surface area contributed by atoms with Crippen LogP contribution < -0.4 is 0 Å². The Morgan fingerprint density at radius 2 is 1.48 bits per heavy atom. The summed E-state index contributed by atoms with van der Waals surface area (Å²) in [6.45, 7) is 0. The fraction of sp³-hybridized carbons (Fsp3) is 0.300. The summed E-state index contributed by atoms with van der Waals surface area (Å²) in [6, 6.07) is 18.0. The fourth-order valence-corrected chi connectivity index (χ4v) is 3.82. The molecule has 114 valence electrons. The number of rotatable bonds is 1. The highest BCUT2D eigenvalue weighted by atomic mass is 15.4. The minimum absolute atomic E-state index is 0.519. The number of benzene rings is 2. The van der Waals surface area contributed by atoms with Gasteiger partial charge in [0.2, 0.25) is 0 Å². The number of aromatic nitrogens is 3. The van der Waals surface area contributed by atoms with Crippen LogP contribution in [-0.2, 0) is 12.8 Å². The molecular weight excluding hydrogens is 282 g/mol. The molecule has 0 aliphatic heterocycles. The van der Waals surface area contributed by atoms with E-state index in [0.717, 1.165) is 18.5 Å². The molecule has 0 radical (unpaired) electrons. The van der Waals surface area contributed by atoms with E-state index in [-0.39, 0.29) is 0 Å². The maximum Gasteiger partial charge on any atom is 0.121 e. The van der Waals surface area contributed by atoms with Gasteiger partial charge < -0.3 is 0 Å². The van der Waals surface area contributed by atoms with Crippen molar-refractivity contribution < 1.29 is 0 Å². The van der Waals surface area contributed by atoms with Gasteiger partial charge >= 0.3 is 0 Å². The van der Waals surface area contributed by atoms with Crippen LogP contribution in [0.3, 0.4) is 0 Å². The van der Waals surface area contributed by atoms with Crippen LogP contribution >= 0.6 is 0 Å². The molecule has 2 aromatic carbocycles. The Kier molecular flexibility index (Phi) is 2.87. The van der Waals surface area contributed by atoms with E-state index in [1.165, 1.54) is 47.2 Å². The second kappa shape index (κ2) is 5.05. The molecule has 5 rings (SSSR count). The van der Waals surface area contributed by atoms with Crippen molar-refractivity contribution in [3.8, 4) is 22.5 Å². The van der Waals surface area contributed by atoms with E-state index in [9.17, 15) is 0 Å². The zero-order valence-electron chi connectivity index (χ0n) is 13.1. The number of hydrogen-bond acceptors (Lipinski definition) is 2. The van der Waals surface area contributed by atoms with Gasteiger partial charge in [0.05, 0.1) is 11.7 Å². The van der Waals surface area contributed by atoms with Crippen LogP contribution in [0.2, 0.25) is 0 Å². The van der Waals surface area contributed by atoms with Gasteiger partial charge in [0.25, 0.3) is 0 Å². The third-order valence-corrected chi connectivity index (χ3v) is 5.32. The maximum absolute atomic E-state index is 4.61. The molecule has 23 heavy (non-hydrogen) atoms. The summed E-state index contributed by atoms with van der Waals surface area (Å²) < 4.78 is 2.19. The SMILES string of the molecule is c1ccc2c(c1)CCc1ccccc1-c1c-2nnn1C1CCC1. The summed E-state index contributed by atoms with van der Waals surface area (Å²) in [5, 5.41) is 9.18. The Hall–Kier alpha value is -2.42. The minimum atomic E-state index is 0.519. The topological polar surface area (TPSA) is 30.7 Å². The average Bonchev–Trinajstić information content (AvgIpc) is 2.94. The van der Waals surface area contributed by atoms with Crippen LogP contribution in [0.5, 0.6) is 0 Å². The average molecular weight is 301 g/mol. The molecule has 3 nitrogen and oxygen atoms in total. The highest BCUT2D eigenvalue weighted by Crippen LogP contribution is 2.41. The summed E-state index contributed by atoms with van der Waals surface area (Å²) in [5.41, 5.74) is 7.63. The van der Waals surface area contributed by atoms with Crippen LogP contribution in [0.1, 0.15) is 36.4 Å². The van der Waals surface area contributed by atoms with Crippen LogP contribution in [0, 0.1) is 0 Å². The summed E-state index contributed by atoms with van der Waals surface area (Å²) >= 11 is 0. The number of nitrogens with zero attached hydrogens (tertiary/aromatic N) is 3. The summed E-state index contributed by atoms with van der Waals surface area (Å²) in [7, 11) is 0. The van der Waals surface area contributed by atoms with Gasteiger partial charge in [-0.15, -0.1) is 5.10 Å². The Labute approximate surface area is 136 Å². The van der Waals surface area contributed by atoms with Gasteiger partial charge in [0, 0.05) is 11.1 Å². The van der Waals surface area contributed by atoms with Crippen LogP contribution in [0.4, 0.5) is 0 Å². The molecular formula is C20H19N3. The molecule has 0 N–H and O–H groups in total. The van der Waals surface area contributed by atoms with Gasteiger partial charge in [0.15, 0.2) is 0 Å². The maximum atomic E-state index is 4.61. The molecule has 0 amide bonds. The molecule has 0 atom stereocenters. The van der Waals surface area contributed by atoms with Crippen molar-refractivity contribution in [3.63, 3.8) is 0 Å². The number of fused-ring (bicyclic) bond motifs is 5. The molecule has 0 saturated heterocycles. The first-order chi connectivity index (χ1) is 11.4. The van der Waals surface area contributed by atoms with Crippen molar-refractivity contribution in [2.45, 2.75) is 38.1 Å². The first-order valence-corrected chi connectivity index (χ1v) is 8.53. The minimum Gasteiger partial charge on any atom is -0.241 e. The Morgan fingerprint density at radius 1 is 0.826 bits per heavy atom. The molecule has 3 aromatic rings. The smallest absolute Gasteiger partial charge is 0.121 e. The molecule has 2 aliphatic carbocycles. The van der Waals surface area contributed by atoms with E-state index >= 15 is 0 Å². The number of aryl methyl sites for hydroxylation is 2. The normalized spacial score (nSPS) is 16.5. The van der Waals surface area contributed by atoms with E-state index in [0.29, 0.717) is 6.04 Å². The van der Waals surface area contributed by atoms with E-state index in [1.54, 1.807) is 0 Å². The van der Waals surface area contributed by atoms with Crippen molar-refractivity contribution in [1.29, 1.82) is 0 Å². The Balaban J connectivity index is 1.82. The fourth-order valence-electron chi connectivity index (χ4n) is 3.82. The van der Waals surface area contributed by atoms with Crippen molar-refractivity contribution in [3.05, 3.63) is 59.7 Å². The quantitative estimate of drug-likeness (QED) is 0.665. The van der Waals surface area contributed by atoms with E-state index < -0.39 is 0 Å². The van der Waals surface area contributed by atoms with Crippen LogP contribution in [0.15, 0.2) is 48.5 Å². The second-order valence-electron chi connectivity index (χ2n) is 6.63. The van der Waals surface area contributed by atoms with Gasteiger partial charge in [-0.1, -0.05) is 53.7 Å². The van der Waals surface area contributed by atoms with Crippen molar-refractivity contribution in [2.75, 3.05) is 0 Å². The van der Waals surface area contributed by atoms with Crippen molar-refractivity contribution in [2.24, 2.45) is 0 Å². The van der Waals surface area contributed by atoms with Gasteiger partial charge in [-0.3, -0.25) is 0 Å². The standard InChI is InChI=1S/C20H19N3/c1-3-10-17-14(6-1)12-13-15-7-2-4-11-18(15)20-19(17)21-22-23(20)16-8-5-9-16/h1-4,6-7,10-11,16H,5,8-9,12-13H2. The predicted octanol–water partition coefficient (Wildman–Crippen LogP) is 4.44. The molecule has 0 bridgehead atoms. The highest BCUT2D eigenvalue weighted by Gasteiger charge is 2.29. The third-order valence-electron chi connectivity index (χ3n) is 5.32. The van der Waals surface area contributed by atoms with Crippen molar-refractivity contribution in [1.82, 2.24) is 15.0 Å². The summed E-state index contributed by atoms with van der Waals surface area (Å²) in [4.78, 5) is 0. The molecule has 0 unspecified atom stereocenters. The molecule has 0 spiro atoms. The lowest BCUT2D eigenvalue weighted by molar-refractivity contribution is 0.287. The molecule has 1 fully saturated rings. The molecule has 1 heterocycles. The Bertz CT molecular complexity index is 874. The monoisotopic (exact) mass is 301 g/mol. The molecule has 2 aliphatic rings. The van der Waals surface area contributed by atoms with Crippen LogP contribution in [-0.4, -0.2) is 15.0 Å². The lowest BCUT2D eigenvalue weighted by Gasteiger charge is -2.28. The summed E-state index contributed by atoms with van der Waals surface area (Å²) in [5.74, 6) is 0. The van der Waals surface area contributed by atoms with E-state index in [2.05, 4.69) is 63.5 Å². The molecule has 1 saturated carbocycles. The van der Waals surface area contributed by atoms with Gasteiger partial charge in [-0.2, -0.15) is 0 Å². The van der Waals surface area contributed by atoms with E-state index in [4.69, 9.17) is 0 Å². The van der Waals surface area contributed by atoms with Crippen LogP contribution in [0.25, 0.3) is 22.5 Å². The first-order valence-electron chi connectivity index (χ1n) is 8.53. The van der Waals surface area contributed by atoms with Gasteiger partial charge in [0.1, 0.15) is 5.69 Å². The predicted molar refractivity (Wildman–Crippen MR) is 91.2 cm³/mol. The lowest BCUT2D eigenvalue weighted by Crippen LogP contribution is -2.19. The second-order valence-corrected chi connectivity index (χ2v) is 6.63. The zero-order valence-corrected chi connectivity index (χ0v) is 13.1. The van der Waals surface area contributed by atoms with Gasteiger partial charge in [-0.05, 0) is 43.2 Å². The summed E-state index contributed by atoms with van der Waals surface area (Å²) in [6.07, 6.45) is 5.88. The highest BCUT2D eigenvalue weighted by molar-refractivity contribution is 5.82. The molecule has 3 heteroatoms. The van der Waals surface area contributed by atoms with Crippen molar-refractivity contribution >= 4 is 0 Å². The largest absolute Gasteiger partial charge is 0.241 e. The third kappa shape index (κ3) is 1.96. The lowest BCUT2D eigenvalue weighted by atomic mass is 9.88. The number of hydrogen-bond donors (Lipinski definition) is 0. The van der Waals surface area contributed by atoms with E-state index in [1.807, 2.05) is 0 Å². The first kappa shape index (κ1) is 13.1. The van der Waals surface area contributed by atoms with Gasteiger partial charge in [-0.25, -0.2) is 4.68 Å².